The van der Waals surface area contributed by atoms with Crippen molar-refractivity contribution in [3.63, 3.8) is 0 Å². The summed E-state index contributed by atoms with van der Waals surface area (Å²) in [6.07, 6.45) is 0. The van der Waals surface area contributed by atoms with Gasteiger partial charge in [-0.1, -0.05) is 42.5 Å². The molecule has 8 heteroatoms. The molecule has 0 radical (unpaired) electrons. The molecule has 2 aromatic carbocycles. The minimum absolute atomic E-state index is 0. The smallest absolute Gasteiger partial charge is 0.298 e. The molecule has 4 rings (SSSR count). The van der Waals surface area contributed by atoms with E-state index in [1.54, 1.807) is 0 Å². The number of piperazine rings is 1. The predicted molar refractivity (Wildman–Crippen MR) is 111 cm³/mol. The van der Waals surface area contributed by atoms with Crippen molar-refractivity contribution in [2.75, 3.05) is 31.1 Å². The average molecular weight is 409 g/mol. The Bertz CT molecular complexity index is 847. The molecule has 0 spiro atoms. The monoisotopic (exact) mass is 408 g/mol. The quantitative estimate of drug-likeness (QED) is 0.720. The summed E-state index contributed by atoms with van der Waals surface area (Å²) in [4.78, 5) is 21.0. The van der Waals surface area contributed by atoms with Gasteiger partial charge in [0.2, 0.25) is 5.91 Å². The molecule has 2 N–H and O–H groups in total. The van der Waals surface area contributed by atoms with E-state index in [2.05, 4.69) is 9.88 Å². The lowest BCUT2D eigenvalue weighted by Crippen LogP contribution is -2.51. The van der Waals surface area contributed by atoms with Gasteiger partial charge in [-0.15, -0.1) is 24.8 Å². The van der Waals surface area contributed by atoms with Crippen LogP contribution in [0, 0.1) is 0 Å². The number of rotatable bonds is 3. The van der Waals surface area contributed by atoms with E-state index in [-0.39, 0.29) is 30.7 Å². The Kier molecular flexibility index (Phi) is 7.07. The van der Waals surface area contributed by atoms with E-state index in [1.807, 2.05) is 59.5 Å². The van der Waals surface area contributed by atoms with Crippen LogP contribution in [0.5, 0.6) is 0 Å². The highest BCUT2D eigenvalue weighted by Gasteiger charge is 2.27. The van der Waals surface area contributed by atoms with Gasteiger partial charge in [0.15, 0.2) is 5.58 Å². The summed E-state index contributed by atoms with van der Waals surface area (Å²) in [5.74, 6) is -0.0385. The standard InChI is InChI=1S/C19H20N4O2.2ClH/c20-17(14-6-2-1-3-7-14)18(24)22-10-12-23(13-11-22)19-21-15-8-4-5-9-16(15)25-19;;/h1-9,17H,10-13,20H2;2*1H. The largest absolute Gasteiger partial charge is 0.423 e. The first-order chi connectivity index (χ1) is 12.2. The number of nitrogens with zero attached hydrogens (tertiary/aromatic N) is 3. The van der Waals surface area contributed by atoms with Gasteiger partial charge in [-0.2, -0.15) is 4.98 Å². The topological polar surface area (TPSA) is 75.6 Å². The first kappa shape index (κ1) is 21.0. The van der Waals surface area contributed by atoms with Crippen LogP contribution in [0.1, 0.15) is 11.6 Å². The number of carbonyl (C=O) groups is 1. The number of carbonyl (C=O) groups excluding carboxylic acids is 1. The lowest BCUT2D eigenvalue weighted by molar-refractivity contribution is -0.133. The van der Waals surface area contributed by atoms with Crippen LogP contribution in [0.3, 0.4) is 0 Å². The summed E-state index contributed by atoms with van der Waals surface area (Å²) in [5.41, 5.74) is 8.60. The van der Waals surface area contributed by atoms with Crippen molar-refractivity contribution in [1.29, 1.82) is 0 Å². The van der Waals surface area contributed by atoms with Crippen LogP contribution >= 0.6 is 24.8 Å². The fraction of sp³-hybridized carbons (Fsp3) is 0.263. The van der Waals surface area contributed by atoms with E-state index in [0.29, 0.717) is 32.2 Å². The molecule has 1 aliphatic rings. The van der Waals surface area contributed by atoms with Crippen molar-refractivity contribution in [1.82, 2.24) is 9.88 Å². The van der Waals surface area contributed by atoms with Crippen LogP contribution in [-0.4, -0.2) is 42.0 Å². The van der Waals surface area contributed by atoms with Crippen LogP contribution in [0.15, 0.2) is 59.0 Å². The molecule has 2 heterocycles. The third-order valence-corrected chi connectivity index (χ3v) is 4.57. The molecular weight excluding hydrogens is 387 g/mol. The van der Waals surface area contributed by atoms with Gasteiger partial charge >= 0.3 is 0 Å². The number of aromatic nitrogens is 1. The Morgan fingerprint density at radius 2 is 1.59 bits per heavy atom. The second kappa shape index (κ2) is 9.08. The number of halogens is 2. The fourth-order valence-electron chi connectivity index (χ4n) is 3.11. The Morgan fingerprint density at radius 3 is 2.26 bits per heavy atom. The fourth-order valence-corrected chi connectivity index (χ4v) is 3.11. The predicted octanol–water partition coefficient (Wildman–Crippen LogP) is 3.02. The van der Waals surface area contributed by atoms with Crippen molar-refractivity contribution in [3.05, 3.63) is 60.2 Å². The maximum atomic E-state index is 12.6. The van der Waals surface area contributed by atoms with Gasteiger partial charge in [-0.3, -0.25) is 4.79 Å². The number of oxazole rings is 1. The first-order valence-corrected chi connectivity index (χ1v) is 8.42. The number of fused-ring (bicyclic) bond motifs is 1. The van der Waals surface area contributed by atoms with Crippen molar-refractivity contribution < 1.29 is 9.21 Å². The highest BCUT2D eigenvalue weighted by molar-refractivity contribution is 5.85. The lowest BCUT2D eigenvalue weighted by atomic mass is 10.1. The van der Waals surface area contributed by atoms with Crippen LogP contribution in [0.4, 0.5) is 6.01 Å². The summed E-state index contributed by atoms with van der Waals surface area (Å²) in [7, 11) is 0. The molecule has 144 valence electrons. The lowest BCUT2D eigenvalue weighted by Gasteiger charge is -2.35. The molecule has 1 unspecified atom stereocenters. The highest BCUT2D eigenvalue weighted by atomic mass is 35.5. The molecule has 6 nitrogen and oxygen atoms in total. The van der Waals surface area contributed by atoms with Crippen LogP contribution < -0.4 is 10.6 Å². The van der Waals surface area contributed by atoms with Gasteiger partial charge in [0, 0.05) is 26.2 Å². The number of hydrogen-bond acceptors (Lipinski definition) is 5. The Hall–Kier alpha value is -2.28. The minimum Gasteiger partial charge on any atom is -0.423 e. The minimum atomic E-state index is -0.614. The van der Waals surface area contributed by atoms with Gasteiger partial charge < -0.3 is 20.0 Å². The summed E-state index contributed by atoms with van der Waals surface area (Å²) < 4.78 is 5.81. The summed E-state index contributed by atoms with van der Waals surface area (Å²) in [6.45, 7) is 2.58. The Morgan fingerprint density at radius 1 is 0.963 bits per heavy atom. The zero-order chi connectivity index (χ0) is 17.2. The molecule has 0 saturated carbocycles. The number of amides is 1. The number of anilines is 1. The third kappa shape index (κ3) is 4.35. The SMILES string of the molecule is Cl.Cl.NC(C(=O)N1CCN(c2nc3ccccc3o2)CC1)c1ccccc1. The average Bonchev–Trinajstić information content (AvgIpc) is 3.12. The van der Waals surface area contributed by atoms with E-state index in [9.17, 15) is 4.79 Å². The molecule has 0 aliphatic carbocycles. The molecule has 0 bridgehead atoms. The second-order valence-electron chi connectivity index (χ2n) is 6.16. The van der Waals surface area contributed by atoms with Gasteiger partial charge in [-0.05, 0) is 17.7 Å². The highest BCUT2D eigenvalue weighted by Crippen LogP contribution is 2.23. The van der Waals surface area contributed by atoms with Crippen molar-refractivity contribution in [2.45, 2.75) is 6.04 Å². The number of hydrogen-bond donors (Lipinski definition) is 1. The molecular formula is C19H22Cl2N4O2. The molecule has 1 aliphatic heterocycles. The van der Waals surface area contributed by atoms with E-state index >= 15 is 0 Å². The zero-order valence-electron chi connectivity index (χ0n) is 14.7. The summed E-state index contributed by atoms with van der Waals surface area (Å²) in [6, 6.07) is 17.2. The van der Waals surface area contributed by atoms with Crippen molar-refractivity contribution in [3.8, 4) is 0 Å². The van der Waals surface area contributed by atoms with Gasteiger partial charge in [0.25, 0.3) is 6.01 Å². The molecule has 1 atom stereocenters. The van der Waals surface area contributed by atoms with Crippen LogP contribution in [0.2, 0.25) is 0 Å². The summed E-state index contributed by atoms with van der Waals surface area (Å²) in [5, 5.41) is 0. The van der Waals surface area contributed by atoms with Crippen LogP contribution in [-0.2, 0) is 4.79 Å². The van der Waals surface area contributed by atoms with Gasteiger partial charge in [0.1, 0.15) is 11.6 Å². The maximum Gasteiger partial charge on any atom is 0.298 e. The molecule has 1 fully saturated rings. The Labute approximate surface area is 170 Å². The molecule has 1 aromatic heterocycles. The molecule has 1 amide bonds. The third-order valence-electron chi connectivity index (χ3n) is 4.57. The van der Waals surface area contributed by atoms with Crippen LogP contribution in [0.25, 0.3) is 11.1 Å². The first-order valence-electron chi connectivity index (χ1n) is 8.42. The summed E-state index contributed by atoms with van der Waals surface area (Å²) >= 11 is 0. The maximum absolute atomic E-state index is 12.6. The molecule has 27 heavy (non-hydrogen) atoms. The Balaban J connectivity index is 0.00000131. The van der Waals surface area contributed by atoms with E-state index < -0.39 is 6.04 Å². The molecule has 3 aromatic rings. The number of para-hydroxylation sites is 2. The van der Waals surface area contributed by atoms with E-state index in [4.69, 9.17) is 10.2 Å². The van der Waals surface area contributed by atoms with E-state index in [1.165, 1.54) is 0 Å². The van der Waals surface area contributed by atoms with E-state index in [0.717, 1.165) is 16.7 Å². The second-order valence-corrected chi connectivity index (χ2v) is 6.16. The number of nitrogens with two attached hydrogens (primary N) is 1. The van der Waals surface area contributed by atoms with Crippen molar-refractivity contribution in [2.24, 2.45) is 5.73 Å². The molecule has 1 saturated heterocycles. The number of benzene rings is 2. The van der Waals surface area contributed by atoms with Gasteiger partial charge in [-0.25, -0.2) is 0 Å². The normalized spacial score (nSPS) is 15.0. The zero-order valence-corrected chi connectivity index (χ0v) is 16.3. The van der Waals surface area contributed by atoms with Gasteiger partial charge in [0.05, 0.1) is 0 Å². The van der Waals surface area contributed by atoms with Crippen molar-refractivity contribution >= 4 is 47.8 Å².